The van der Waals surface area contributed by atoms with E-state index in [-0.39, 0.29) is 5.91 Å². The summed E-state index contributed by atoms with van der Waals surface area (Å²) in [6.07, 6.45) is 0. The van der Waals surface area contributed by atoms with E-state index in [2.05, 4.69) is 5.32 Å². The van der Waals surface area contributed by atoms with Crippen LogP contribution in [-0.4, -0.2) is 34.2 Å². The number of carbonyl (C=O) groups is 3. The molecule has 1 heterocycles. The first-order chi connectivity index (χ1) is 9.22. The molecule has 0 bridgehead atoms. The molecule has 0 radical (unpaired) electrons. The minimum absolute atomic E-state index is 0.341. The zero-order chi connectivity index (χ0) is 15.1. The second-order valence-electron chi connectivity index (χ2n) is 5.94. The minimum Gasteiger partial charge on any atom is -0.350 e. The van der Waals surface area contributed by atoms with Gasteiger partial charge in [0.25, 0.3) is 11.8 Å². The molecule has 1 aliphatic rings. The van der Waals surface area contributed by atoms with E-state index in [0.29, 0.717) is 11.1 Å². The lowest BCUT2D eigenvalue weighted by Crippen LogP contribution is -2.52. The van der Waals surface area contributed by atoms with Gasteiger partial charge in [0.1, 0.15) is 6.04 Å². The molecule has 0 fully saturated rings. The van der Waals surface area contributed by atoms with Crippen molar-refractivity contribution in [3.8, 4) is 0 Å². The van der Waals surface area contributed by atoms with Crippen molar-refractivity contribution < 1.29 is 14.4 Å². The highest BCUT2D eigenvalue weighted by atomic mass is 16.2. The van der Waals surface area contributed by atoms with E-state index in [0.717, 1.165) is 4.90 Å². The van der Waals surface area contributed by atoms with Crippen LogP contribution in [0.4, 0.5) is 0 Å². The highest BCUT2D eigenvalue weighted by Gasteiger charge is 2.40. The molecule has 1 aromatic carbocycles. The standard InChI is InChI=1S/C15H18N2O3/c1-9(12(18)16-15(2,3)4)17-13(19)10-7-5-6-8-11(10)14(17)20/h5-9H,1-4H3,(H,16,18). The van der Waals surface area contributed by atoms with Crippen molar-refractivity contribution in [2.24, 2.45) is 0 Å². The molecule has 1 aliphatic heterocycles. The van der Waals surface area contributed by atoms with E-state index in [1.165, 1.54) is 0 Å². The van der Waals surface area contributed by atoms with E-state index in [1.807, 2.05) is 20.8 Å². The molecule has 0 saturated heterocycles. The van der Waals surface area contributed by atoms with Gasteiger partial charge in [-0.1, -0.05) is 12.1 Å². The molecule has 5 heteroatoms. The van der Waals surface area contributed by atoms with Crippen molar-refractivity contribution in [2.75, 3.05) is 0 Å². The summed E-state index contributed by atoms with van der Waals surface area (Å²) in [4.78, 5) is 37.6. The first-order valence-electron chi connectivity index (χ1n) is 6.51. The molecule has 1 unspecified atom stereocenters. The summed E-state index contributed by atoms with van der Waals surface area (Å²) in [5.41, 5.74) is 0.296. The van der Waals surface area contributed by atoms with Gasteiger partial charge in [-0.25, -0.2) is 0 Å². The Morgan fingerprint density at radius 1 is 1.10 bits per heavy atom. The van der Waals surface area contributed by atoms with Crippen LogP contribution in [0.25, 0.3) is 0 Å². The van der Waals surface area contributed by atoms with Gasteiger partial charge < -0.3 is 5.32 Å². The average Bonchev–Trinajstić information content (AvgIpc) is 2.60. The largest absolute Gasteiger partial charge is 0.350 e. The number of fused-ring (bicyclic) bond motifs is 1. The van der Waals surface area contributed by atoms with Crippen LogP contribution in [0.2, 0.25) is 0 Å². The predicted octanol–water partition coefficient (Wildman–Crippen LogP) is 1.59. The fourth-order valence-corrected chi connectivity index (χ4v) is 2.15. The number of benzene rings is 1. The summed E-state index contributed by atoms with van der Waals surface area (Å²) in [5, 5.41) is 2.78. The molecule has 0 spiro atoms. The van der Waals surface area contributed by atoms with Crippen LogP contribution in [0.5, 0.6) is 0 Å². The maximum atomic E-state index is 12.2. The second-order valence-corrected chi connectivity index (χ2v) is 5.94. The molecule has 20 heavy (non-hydrogen) atoms. The Morgan fingerprint density at radius 3 is 1.95 bits per heavy atom. The van der Waals surface area contributed by atoms with Crippen LogP contribution in [-0.2, 0) is 4.79 Å². The molecule has 0 aromatic heterocycles. The van der Waals surface area contributed by atoms with E-state index < -0.39 is 23.4 Å². The Labute approximate surface area is 118 Å². The van der Waals surface area contributed by atoms with Crippen molar-refractivity contribution in [3.63, 3.8) is 0 Å². The number of hydrogen-bond donors (Lipinski definition) is 1. The first kappa shape index (κ1) is 14.2. The van der Waals surface area contributed by atoms with Crippen LogP contribution in [0.3, 0.4) is 0 Å². The van der Waals surface area contributed by atoms with Crippen molar-refractivity contribution in [1.82, 2.24) is 10.2 Å². The van der Waals surface area contributed by atoms with Gasteiger partial charge in [0.15, 0.2) is 0 Å². The summed E-state index contributed by atoms with van der Waals surface area (Å²) in [7, 11) is 0. The Hall–Kier alpha value is -2.17. The summed E-state index contributed by atoms with van der Waals surface area (Å²) in [5.74, 6) is -1.17. The number of rotatable bonds is 2. The molecule has 1 N–H and O–H groups in total. The molecule has 5 nitrogen and oxygen atoms in total. The van der Waals surface area contributed by atoms with Gasteiger partial charge in [0.2, 0.25) is 5.91 Å². The average molecular weight is 274 g/mol. The zero-order valence-corrected chi connectivity index (χ0v) is 12.1. The van der Waals surface area contributed by atoms with Crippen molar-refractivity contribution >= 4 is 17.7 Å². The number of nitrogens with one attached hydrogen (secondary N) is 1. The Balaban J connectivity index is 2.25. The van der Waals surface area contributed by atoms with Crippen LogP contribution in [0.1, 0.15) is 48.4 Å². The molecule has 106 valence electrons. The third-order valence-corrected chi connectivity index (χ3v) is 3.09. The van der Waals surface area contributed by atoms with E-state index in [1.54, 1.807) is 31.2 Å². The third-order valence-electron chi connectivity index (χ3n) is 3.09. The minimum atomic E-state index is -0.832. The number of hydrogen-bond acceptors (Lipinski definition) is 3. The van der Waals surface area contributed by atoms with Gasteiger partial charge in [0, 0.05) is 5.54 Å². The van der Waals surface area contributed by atoms with Crippen molar-refractivity contribution in [2.45, 2.75) is 39.3 Å². The Bertz CT molecular complexity index is 552. The second kappa shape index (κ2) is 4.74. The quantitative estimate of drug-likeness (QED) is 0.833. The van der Waals surface area contributed by atoms with Crippen molar-refractivity contribution in [3.05, 3.63) is 35.4 Å². The van der Waals surface area contributed by atoms with E-state index in [9.17, 15) is 14.4 Å². The van der Waals surface area contributed by atoms with E-state index >= 15 is 0 Å². The predicted molar refractivity (Wildman–Crippen MR) is 74.3 cm³/mol. The maximum Gasteiger partial charge on any atom is 0.262 e. The highest BCUT2D eigenvalue weighted by Crippen LogP contribution is 2.24. The fourth-order valence-electron chi connectivity index (χ4n) is 2.15. The van der Waals surface area contributed by atoms with Crippen LogP contribution in [0, 0.1) is 0 Å². The summed E-state index contributed by atoms with van der Waals surface area (Å²) in [6.45, 7) is 7.10. The third kappa shape index (κ3) is 2.43. The highest BCUT2D eigenvalue weighted by molar-refractivity contribution is 6.22. The van der Waals surface area contributed by atoms with Crippen LogP contribution in [0.15, 0.2) is 24.3 Å². The molecule has 0 aliphatic carbocycles. The van der Waals surface area contributed by atoms with Crippen LogP contribution >= 0.6 is 0 Å². The molecular weight excluding hydrogens is 256 g/mol. The van der Waals surface area contributed by atoms with Gasteiger partial charge in [-0.15, -0.1) is 0 Å². The monoisotopic (exact) mass is 274 g/mol. The maximum absolute atomic E-state index is 12.2. The normalized spacial score (nSPS) is 16.1. The topological polar surface area (TPSA) is 66.5 Å². The van der Waals surface area contributed by atoms with Gasteiger partial charge in [-0.3, -0.25) is 19.3 Å². The number of nitrogens with zero attached hydrogens (tertiary/aromatic N) is 1. The zero-order valence-electron chi connectivity index (χ0n) is 12.1. The molecule has 1 aromatic rings. The first-order valence-corrected chi connectivity index (χ1v) is 6.51. The van der Waals surface area contributed by atoms with Gasteiger partial charge >= 0.3 is 0 Å². The van der Waals surface area contributed by atoms with Gasteiger partial charge in [-0.2, -0.15) is 0 Å². The lowest BCUT2D eigenvalue weighted by molar-refractivity contribution is -0.125. The Morgan fingerprint density at radius 2 is 1.55 bits per heavy atom. The number of amides is 3. The Kier molecular flexibility index (Phi) is 3.38. The van der Waals surface area contributed by atoms with Gasteiger partial charge in [0.05, 0.1) is 11.1 Å². The summed E-state index contributed by atoms with van der Waals surface area (Å²) >= 11 is 0. The lowest BCUT2D eigenvalue weighted by atomic mass is 10.1. The molecule has 3 amide bonds. The lowest BCUT2D eigenvalue weighted by Gasteiger charge is -2.27. The summed E-state index contributed by atoms with van der Waals surface area (Å²) < 4.78 is 0. The fraction of sp³-hybridized carbons (Fsp3) is 0.400. The molecular formula is C15H18N2O3. The molecule has 0 saturated carbocycles. The molecule has 1 atom stereocenters. The van der Waals surface area contributed by atoms with Gasteiger partial charge in [-0.05, 0) is 39.8 Å². The SMILES string of the molecule is CC(C(=O)NC(C)(C)C)N1C(=O)c2ccccc2C1=O. The van der Waals surface area contributed by atoms with E-state index in [4.69, 9.17) is 0 Å². The number of imide groups is 1. The summed E-state index contributed by atoms with van der Waals surface area (Å²) in [6, 6.07) is 5.77. The molecule has 2 rings (SSSR count). The van der Waals surface area contributed by atoms with Crippen molar-refractivity contribution in [1.29, 1.82) is 0 Å². The van der Waals surface area contributed by atoms with Crippen LogP contribution < -0.4 is 5.32 Å². The smallest absolute Gasteiger partial charge is 0.262 e. The number of carbonyl (C=O) groups excluding carboxylic acids is 3.